The minimum Gasteiger partial charge on any atom is -0.497 e. The number of anilines is 2. The van der Waals surface area contributed by atoms with Crippen molar-refractivity contribution < 1.29 is 18.7 Å². The van der Waals surface area contributed by atoms with Crippen molar-refractivity contribution >= 4 is 34.9 Å². The van der Waals surface area contributed by atoms with Crippen LogP contribution in [0, 0.1) is 12.7 Å². The number of aromatic nitrogens is 2. The van der Waals surface area contributed by atoms with Gasteiger partial charge in [-0.15, -0.1) is 0 Å². The molecule has 2 amide bonds. The minimum absolute atomic E-state index is 0.0725. The predicted octanol–water partition coefficient (Wildman–Crippen LogP) is 4.18. The van der Waals surface area contributed by atoms with Gasteiger partial charge in [-0.3, -0.25) is 9.59 Å². The van der Waals surface area contributed by atoms with Gasteiger partial charge in [-0.2, -0.15) is 5.10 Å². The number of halogens is 2. The number of hydrogen-bond acceptors (Lipinski definition) is 4. The van der Waals surface area contributed by atoms with Gasteiger partial charge in [0.2, 0.25) is 11.8 Å². The highest BCUT2D eigenvalue weighted by Crippen LogP contribution is 2.35. The molecular formula is C21H18ClFN4O3. The summed E-state index contributed by atoms with van der Waals surface area (Å²) >= 11 is 5.78. The number of carbonyl (C=O) groups is 2. The van der Waals surface area contributed by atoms with E-state index in [9.17, 15) is 14.0 Å². The van der Waals surface area contributed by atoms with Crippen molar-refractivity contribution in [2.45, 2.75) is 19.4 Å². The Morgan fingerprint density at radius 2 is 2.03 bits per heavy atom. The molecule has 1 aromatic heterocycles. The number of carbonyl (C=O) groups excluding carboxylic acids is 2. The summed E-state index contributed by atoms with van der Waals surface area (Å²) in [5.74, 6) is -0.138. The number of benzene rings is 2. The van der Waals surface area contributed by atoms with Gasteiger partial charge in [0, 0.05) is 16.8 Å². The molecule has 1 atom stereocenters. The van der Waals surface area contributed by atoms with Gasteiger partial charge in [0.1, 0.15) is 23.4 Å². The van der Waals surface area contributed by atoms with Crippen LogP contribution in [0.4, 0.5) is 15.9 Å². The quantitative estimate of drug-likeness (QED) is 0.652. The maximum Gasteiger partial charge on any atom is 0.249 e. The average molecular weight is 429 g/mol. The van der Waals surface area contributed by atoms with Crippen molar-refractivity contribution in [1.29, 1.82) is 0 Å². The SMILES string of the molecule is COc1ccc(-c2nn3c(c2C)NC(=O)CC3C(=O)Nc2ccc(F)c(Cl)c2)cc1. The Kier molecular flexibility index (Phi) is 5.17. The van der Waals surface area contributed by atoms with E-state index < -0.39 is 17.8 Å². The van der Waals surface area contributed by atoms with Crippen molar-refractivity contribution in [3.63, 3.8) is 0 Å². The number of ether oxygens (including phenoxy) is 1. The van der Waals surface area contributed by atoms with Crippen LogP contribution >= 0.6 is 11.6 Å². The predicted molar refractivity (Wildman–Crippen MR) is 111 cm³/mol. The van der Waals surface area contributed by atoms with Crippen molar-refractivity contribution in [3.8, 4) is 17.0 Å². The van der Waals surface area contributed by atoms with Crippen molar-refractivity contribution in [2.24, 2.45) is 0 Å². The molecule has 1 aliphatic heterocycles. The molecule has 30 heavy (non-hydrogen) atoms. The standard InChI is InChI=1S/C21H18ClFN4O3/c1-11-19(12-3-6-14(30-2)7-4-12)26-27-17(10-18(28)25-20(11)27)21(29)24-13-5-8-16(23)15(22)9-13/h3-9,17H,10H2,1-2H3,(H,24,29)(H,25,28). The summed E-state index contributed by atoms with van der Waals surface area (Å²) in [6.07, 6.45) is -0.0725. The Hall–Kier alpha value is -3.39. The second kappa shape index (κ2) is 7.79. The lowest BCUT2D eigenvalue weighted by Crippen LogP contribution is -2.35. The molecule has 1 unspecified atom stereocenters. The summed E-state index contributed by atoms with van der Waals surface area (Å²) < 4.78 is 20.1. The minimum atomic E-state index is -0.858. The second-order valence-electron chi connectivity index (χ2n) is 6.88. The number of hydrogen-bond donors (Lipinski definition) is 2. The number of rotatable bonds is 4. The zero-order chi connectivity index (χ0) is 21.4. The van der Waals surface area contributed by atoms with Gasteiger partial charge >= 0.3 is 0 Å². The molecule has 2 heterocycles. The summed E-state index contributed by atoms with van der Waals surface area (Å²) in [6.45, 7) is 1.83. The van der Waals surface area contributed by atoms with Crippen LogP contribution in [0.3, 0.4) is 0 Å². The van der Waals surface area contributed by atoms with Crippen LogP contribution < -0.4 is 15.4 Å². The van der Waals surface area contributed by atoms with Gasteiger partial charge in [0.25, 0.3) is 0 Å². The molecule has 0 saturated heterocycles. The summed E-state index contributed by atoms with van der Waals surface area (Å²) in [5.41, 5.74) is 2.56. The number of nitrogens with one attached hydrogen (secondary N) is 2. The van der Waals surface area contributed by atoms with Crippen LogP contribution in [-0.4, -0.2) is 28.7 Å². The normalized spacial score (nSPS) is 15.3. The van der Waals surface area contributed by atoms with E-state index in [1.165, 1.54) is 16.8 Å². The topological polar surface area (TPSA) is 85.2 Å². The number of amides is 2. The molecule has 4 rings (SSSR count). The van der Waals surface area contributed by atoms with E-state index >= 15 is 0 Å². The Morgan fingerprint density at radius 1 is 1.30 bits per heavy atom. The summed E-state index contributed by atoms with van der Waals surface area (Å²) in [6, 6.07) is 10.4. The van der Waals surface area contributed by atoms with Crippen LogP contribution in [0.2, 0.25) is 5.02 Å². The lowest BCUT2D eigenvalue weighted by Gasteiger charge is -2.24. The molecular weight excluding hydrogens is 411 g/mol. The molecule has 0 saturated carbocycles. The van der Waals surface area contributed by atoms with Gasteiger partial charge in [-0.05, 0) is 49.4 Å². The number of nitrogens with zero attached hydrogens (tertiary/aromatic N) is 2. The Labute approximate surface area is 176 Å². The van der Waals surface area contributed by atoms with Gasteiger partial charge < -0.3 is 15.4 Å². The molecule has 7 nitrogen and oxygen atoms in total. The number of methoxy groups -OCH3 is 1. The van der Waals surface area contributed by atoms with Gasteiger partial charge in [-0.25, -0.2) is 9.07 Å². The highest BCUT2D eigenvalue weighted by atomic mass is 35.5. The Morgan fingerprint density at radius 3 is 2.70 bits per heavy atom. The molecule has 3 aromatic rings. The molecule has 0 radical (unpaired) electrons. The fraction of sp³-hybridized carbons (Fsp3) is 0.190. The van der Waals surface area contributed by atoms with E-state index in [0.717, 1.165) is 17.2 Å². The van der Waals surface area contributed by atoms with Crippen LogP contribution in [0.15, 0.2) is 42.5 Å². The maximum atomic E-state index is 13.4. The molecule has 154 valence electrons. The fourth-order valence-corrected chi connectivity index (χ4v) is 3.55. The number of fused-ring (bicyclic) bond motifs is 1. The maximum absolute atomic E-state index is 13.4. The average Bonchev–Trinajstić information content (AvgIpc) is 3.06. The third-order valence-corrected chi connectivity index (χ3v) is 5.22. The smallest absolute Gasteiger partial charge is 0.249 e. The Bertz CT molecular complexity index is 1140. The van der Waals surface area contributed by atoms with E-state index in [-0.39, 0.29) is 17.4 Å². The molecule has 0 aliphatic carbocycles. The van der Waals surface area contributed by atoms with Crippen molar-refractivity contribution in [3.05, 3.63) is 58.9 Å². The zero-order valence-electron chi connectivity index (χ0n) is 16.2. The zero-order valence-corrected chi connectivity index (χ0v) is 17.0. The first-order valence-corrected chi connectivity index (χ1v) is 9.54. The van der Waals surface area contributed by atoms with E-state index in [4.69, 9.17) is 16.3 Å². The van der Waals surface area contributed by atoms with Crippen LogP contribution in [0.25, 0.3) is 11.3 Å². The lowest BCUT2D eigenvalue weighted by atomic mass is 10.1. The third-order valence-electron chi connectivity index (χ3n) is 4.93. The third kappa shape index (κ3) is 3.61. The van der Waals surface area contributed by atoms with Gasteiger partial charge in [-0.1, -0.05) is 11.6 Å². The highest BCUT2D eigenvalue weighted by molar-refractivity contribution is 6.31. The van der Waals surface area contributed by atoms with E-state index in [0.29, 0.717) is 22.9 Å². The van der Waals surface area contributed by atoms with Crippen LogP contribution in [-0.2, 0) is 9.59 Å². The molecule has 0 fully saturated rings. The summed E-state index contributed by atoms with van der Waals surface area (Å²) in [7, 11) is 1.59. The first-order valence-electron chi connectivity index (χ1n) is 9.16. The fourth-order valence-electron chi connectivity index (χ4n) is 3.36. The van der Waals surface area contributed by atoms with E-state index in [1.54, 1.807) is 7.11 Å². The van der Waals surface area contributed by atoms with Crippen LogP contribution in [0.5, 0.6) is 5.75 Å². The summed E-state index contributed by atoms with van der Waals surface area (Å²) in [4.78, 5) is 25.2. The molecule has 2 aromatic carbocycles. The monoisotopic (exact) mass is 428 g/mol. The van der Waals surface area contributed by atoms with E-state index in [1.807, 2.05) is 31.2 Å². The first kappa shape index (κ1) is 19.9. The highest BCUT2D eigenvalue weighted by Gasteiger charge is 2.34. The first-order chi connectivity index (χ1) is 14.4. The molecule has 0 bridgehead atoms. The lowest BCUT2D eigenvalue weighted by molar-refractivity contribution is -0.125. The largest absolute Gasteiger partial charge is 0.497 e. The molecule has 1 aliphatic rings. The van der Waals surface area contributed by atoms with E-state index in [2.05, 4.69) is 15.7 Å². The van der Waals surface area contributed by atoms with Crippen molar-refractivity contribution in [1.82, 2.24) is 9.78 Å². The van der Waals surface area contributed by atoms with Gasteiger partial charge in [0.15, 0.2) is 0 Å². The Balaban J connectivity index is 1.67. The second-order valence-corrected chi connectivity index (χ2v) is 7.29. The molecule has 0 spiro atoms. The van der Waals surface area contributed by atoms with Crippen LogP contribution in [0.1, 0.15) is 18.0 Å². The molecule has 2 N–H and O–H groups in total. The molecule has 9 heteroatoms. The van der Waals surface area contributed by atoms with Crippen molar-refractivity contribution in [2.75, 3.05) is 17.7 Å². The summed E-state index contributed by atoms with van der Waals surface area (Å²) in [5, 5.41) is 9.97. The van der Waals surface area contributed by atoms with Gasteiger partial charge in [0.05, 0.1) is 24.2 Å².